The van der Waals surface area contributed by atoms with E-state index in [1.54, 1.807) is 0 Å². The number of aromatic amines is 2. The van der Waals surface area contributed by atoms with Crippen LogP contribution in [0.5, 0.6) is 0 Å². The Morgan fingerprint density at radius 3 is 1.27 bits per heavy atom. The van der Waals surface area contributed by atoms with Crippen molar-refractivity contribution in [2.75, 3.05) is 0 Å². The number of aromatic nitrogens is 4. The van der Waals surface area contributed by atoms with Gasteiger partial charge in [-0.3, -0.25) is 0 Å². The molecule has 0 saturated heterocycles. The molecule has 0 unspecified atom stereocenters. The largest absolute Gasteiger partial charge is 0.355 e. The van der Waals surface area contributed by atoms with E-state index in [2.05, 4.69) is 50.3 Å². The minimum absolute atomic E-state index is 0. The minimum atomic E-state index is 0. The van der Waals surface area contributed by atoms with Crippen LogP contribution < -0.4 is 0 Å². The second-order valence-electron chi connectivity index (χ2n) is 5.91. The first kappa shape index (κ1) is 17.9. The number of H-pyrrole nitrogens is 2. The SMILES string of the molecule is C.C1=Cc2cc3ccc(cc4ccc(cc5nc(cc1n2)C=C5)[nH]4)[nH]3.[Co]. The average molecular weight is 385 g/mol. The van der Waals surface area contributed by atoms with Gasteiger partial charge in [-0.2, -0.15) is 0 Å². The summed E-state index contributed by atoms with van der Waals surface area (Å²) in [6, 6.07) is 16.4. The molecule has 0 amide bonds. The summed E-state index contributed by atoms with van der Waals surface area (Å²) in [5.74, 6) is 0. The third kappa shape index (κ3) is 3.54. The van der Waals surface area contributed by atoms with Crippen LogP contribution in [0.2, 0.25) is 0 Å². The fourth-order valence-electron chi connectivity index (χ4n) is 2.94. The molecular formula is C21H18CoN4. The molecular weight excluding hydrogens is 367 g/mol. The predicted molar refractivity (Wildman–Crippen MR) is 106 cm³/mol. The molecule has 5 heterocycles. The van der Waals surface area contributed by atoms with Crippen molar-refractivity contribution in [2.45, 2.75) is 7.43 Å². The van der Waals surface area contributed by atoms with Crippen molar-refractivity contribution in [3.05, 3.63) is 71.3 Å². The van der Waals surface area contributed by atoms with E-state index >= 15 is 0 Å². The summed E-state index contributed by atoms with van der Waals surface area (Å²) in [5, 5.41) is 0. The number of nitrogens with one attached hydrogen (secondary N) is 2. The van der Waals surface area contributed by atoms with Crippen molar-refractivity contribution in [2.24, 2.45) is 0 Å². The van der Waals surface area contributed by atoms with Crippen LogP contribution >= 0.6 is 0 Å². The van der Waals surface area contributed by atoms with Gasteiger partial charge in [0.05, 0.1) is 22.8 Å². The monoisotopic (exact) mass is 385 g/mol. The Morgan fingerprint density at radius 1 is 0.500 bits per heavy atom. The second-order valence-corrected chi connectivity index (χ2v) is 5.91. The third-order valence-electron chi connectivity index (χ3n) is 4.04. The summed E-state index contributed by atoms with van der Waals surface area (Å²) >= 11 is 0. The number of rotatable bonds is 0. The average Bonchev–Trinajstić information content (AvgIpc) is 3.32. The summed E-state index contributed by atoms with van der Waals surface area (Å²) in [5.41, 5.74) is 7.86. The molecule has 8 bridgehead atoms. The van der Waals surface area contributed by atoms with Crippen molar-refractivity contribution in [1.82, 2.24) is 19.9 Å². The van der Waals surface area contributed by atoms with E-state index < -0.39 is 0 Å². The molecule has 26 heavy (non-hydrogen) atoms. The smallest absolute Gasteiger partial charge is 0.0659 e. The van der Waals surface area contributed by atoms with Crippen LogP contribution in [0.1, 0.15) is 30.2 Å². The molecule has 3 aromatic rings. The molecule has 3 aromatic heterocycles. The van der Waals surface area contributed by atoms with Gasteiger partial charge in [0.25, 0.3) is 0 Å². The zero-order valence-corrected chi connectivity index (χ0v) is 14.2. The maximum absolute atomic E-state index is 4.62. The van der Waals surface area contributed by atoms with Gasteiger partial charge < -0.3 is 9.97 Å². The Labute approximate surface area is 161 Å². The van der Waals surface area contributed by atoms with E-state index in [1.807, 2.05) is 42.5 Å². The van der Waals surface area contributed by atoms with Crippen LogP contribution in [0.4, 0.5) is 0 Å². The zero-order valence-electron chi connectivity index (χ0n) is 13.2. The number of fused-ring (bicyclic) bond motifs is 8. The van der Waals surface area contributed by atoms with Crippen LogP contribution in [0.3, 0.4) is 0 Å². The molecule has 0 aromatic carbocycles. The standard InChI is InChI=1S/C20H14N4.CH4.Co/c1-2-14-10-16-5-6-18(23-16)12-20-8-7-19(24-20)11-17-4-3-15(22-17)9-13(1)21-14;;/h1-12,21-22H;1H4;. The van der Waals surface area contributed by atoms with Gasteiger partial charge in [0.2, 0.25) is 0 Å². The molecule has 0 fully saturated rings. The number of hydrogen-bond acceptors (Lipinski definition) is 2. The van der Waals surface area contributed by atoms with E-state index in [4.69, 9.17) is 0 Å². The molecule has 1 radical (unpaired) electrons. The summed E-state index contributed by atoms with van der Waals surface area (Å²) in [6.07, 6.45) is 8.05. The fourth-order valence-corrected chi connectivity index (χ4v) is 2.94. The first-order chi connectivity index (χ1) is 11.8. The molecule has 0 spiro atoms. The van der Waals surface area contributed by atoms with Gasteiger partial charge >= 0.3 is 0 Å². The van der Waals surface area contributed by atoms with Gasteiger partial charge in [0.1, 0.15) is 0 Å². The Morgan fingerprint density at radius 2 is 0.846 bits per heavy atom. The first-order valence-electron chi connectivity index (χ1n) is 7.85. The normalized spacial score (nSPS) is 11.7. The maximum Gasteiger partial charge on any atom is 0.0659 e. The Kier molecular flexibility index (Phi) is 4.93. The van der Waals surface area contributed by atoms with Gasteiger partial charge in [-0.1, -0.05) is 7.43 Å². The van der Waals surface area contributed by atoms with Gasteiger partial charge in [-0.05, 0) is 72.8 Å². The van der Waals surface area contributed by atoms with Crippen molar-refractivity contribution >= 4 is 46.4 Å². The quantitative estimate of drug-likeness (QED) is 0.381. The fraction of sp³-hybridized carbons (Fsp3) is 0.0476. The molecule has 2 aliphatic rings. The van der Waals surface area contributed by atoms with Gasteiger partial charge in [0.15, 0.2) is 0 Å². The maximum atomic E-state index is 4.62. The topological polar surface area (TPSA) is 57.4 Å². The zero-order chi connectivity index (χ0) is 15.9. The Bertz CT molecular complexity index is 1080. The van der Waals surface area contributed by atoms with E-state index in [0.717, 1.165) is 44.8 Å². The molecule has 0 saturated carbocycles. The van der Waals surface area contributed by atoms with Crippen LogP contribution in [0, 0.1) is 0 Å². The van der Waals surface area contributed by atoms with Gasteiger partial charge in [-0.15, -0.1) is 0 Å². The van der Waals surface area contributed by atoms with E-state index in [1.165, 1.54) is 0 Å². The summed E-state index contributed by atoms with van der Waals surface area (Å²) in [6.45, 7) is 0. The van der Waals surface area contributed by atoms with Crippen molar-refractivity contribution in [3.8, 4) is 0 Å². The summed E-state index contributed by atoms with van der Waals surface area (Å²) in [4.78, 5) is 16.0. The van der Waals surface area contributed by atoms with Gasteiger partial charge in [0, 0.05) is 38.8 Å². The minimum Gasteiger partial charge on any atom is -0.355 e. The second kappa shape index (κ2) is 7.15. The molecule has 5 rings (SSSR count). The van der Waals surface area contributed by atoms with Crippen LogP contribution in [0.25, 0.3) is 46.4 Å². The predicted octanol–water partition coefficient (Wildman–Crippen LogP) is 5.29. The van der Waals surface area contributed by atoms with E-state index in [9.17, 15) is 0 Å². The molecule has 5 heteroatoms. The Balaban J connectivity index is 0.000000980. The van der Waals surface area contributed by atoms with Crippen molar-refractivity contribution in [3.63, 3.8) is 0 Å². The van der Waals surface area contributed by atoms with Crippen molar-refractivity contribution in [1.29, 1.82) is 0 Å². The molecule has 131 valence electrons. The van der Waals surface area contributed by atoms with Crippen LogP contribution in [-0.2, 0) is 16.8 Å². The van der Waals surface area contributed by atoms with Crippen LogP contribution in [0.15, 0.2) is 48.5 Å². The summed E-state index contributed by atoms with van der Waals surface area (Å²) in [7, 11) is 0. The molecule has 2 aliphatic heterocycles. The van der Waals surface area contributed by atoms with E-state index in [-0.39, 0.29) is 24.2 Å². The first-order valence-corrected chi connectivity index (χ1v) is 7.85. The summed E-state index contributed by atoms with van der Waals surface area (Å²) < 4.78 is 0. The number of hydrogen-bond donors (Lipinski definition) is 2. The molecule has 2 N–H and O–H groups in total. The molecule has 4 nitrogen and oxygen atoms in total. The van der Waals surface area contributed by atoms with Crippen molar-refractivity contribution < 1.29 is 16.8 Å². The number of nitrogens with zero attached hydrogens (tertiary/aromatic N) is 2. The van der Waals surface area contributed by atoms with E-state index in [0.29, 0.717) is 0 Å². The van der Waals surface area contributed by atoms with Gasteiger partial charge in [-0.25, -0.2) is 9.97 Å². The Hall–Kier alpha value is -2.89. The van der Waals surface area contributed by atoms with Crippen LogP contribution in [-0.4, -0.2) is 19.9 Å². The molecule has 0 atom stereocenters. The molecule has 0 aliphatic carbocycles. The third-order valence-corrected chi connectivity index (χ3v) is 4.04.